The molecule has 1 rings (SSSR count). The van der Waals surface area contributed by atoms with Crippen LogP contribution in [0.2, 0.25) is 0 Å². The number of benzene rings is 1. The molecule has 0 bridgehead atoms. The summed E-state index contributed by atoms with van der Waals surface area (Å²) >= 11 is 0. The number of carbonyl (C=O) groups is 2. The first-order valence-corrected chi connectivity index (χ1v) is 6.46. The Bertz CT molecular complexity index is 440. The highest BCUT2D eigenvalue weighted by molar-refractivity contribution is 5.87. The molecule has 0 unspecified atom stereocenters. The topological polar surface area (TPSA) is 57.6 Å². The first kappa shape index (κ1) is 15.2. The van der Waals surface area contributed by atoms with Gasteiger partial charge in [-0.25, -0.2) is 0 Å². The number of carbonyl (C=O) groups excluding carboxylic acids is 1. The van der Waals surface area contributed by atoms with Gasteiger partial charge < -0.3 is 10.0 Å². The Hall–Kier alpha value is -1.84. The lowest BCUT2D eigenvalue weighted by atomic mass is 9.83. The van der Waals surface area contributed by atoms with Crippen molar-refractivity contribution in [3.63, 3.8) is 0 Å². The number of aliphatic carboxylic acids is 1. The van der Waals surface area contributed by atoms with Gasteiger partial charge in [0.15, 0.2) is 0 Å². The summed E-state index contributed by atoms with van der Waals surface area (Å²) in [6.07, 6.45) is -0.0234. The highest BCUT2D eigenvalue weighted by Crippen LogP contribution is 2.25. The lowest BCUT2D eigenvalue weighted by Crippen LogP contribution is -2.44. The summed E-state index contributed by atoms with van der Waals surface area (Å²) in [4.78, 5) is 24.8. The van der Waals surface area contributed by atoms with Crippen LogP contribution in [0.4, 0.5) is 0 Å². The maximum Gasteiger partial charge on any atom is 0.305 e. The van der Waals surface area contributed by atoms with Crippen molar-refractivity contribution >= 4 is 11.9 Å². The van der Waals surface area contributed by atoms with Crippen LogP contribution in [0, 0.1) is 0 Å². The molecular formula is C15H21NO3. The number of nitrogens with zero attached hydrogens (tertiary/aromatic N) is 1. The predicted octanol–water partition coefficient (Wildman–Crippen LogP) is 2.29. The van der Waals surface area contributed by atoms with E-state index >= 15 is 0 Å². The molecule has 0 aliphatic heterocycles. The molecule has 0 saturated carbocycles. The summed E-state index contributed by atoms with van der Waals surface area (Å²) in [5, 5.41) is 8.72. The number of likely N-dealkylation sites (N-methyl/N-ethyl adjacent to an activating group) is 1. The molecule has 19 heavy (non-hydrogen) atoms. The monoisotopic (exact) mass is 263 g/mol. The Kier molecular flexibility index (Phi) is 5.10. The number of carboxylic acids is 1. The van der Waals surface area contributed by atoms with Crippen molar-refractivity contribution in [1.82, 2.24) is 4.90 Å². The molecule has 1 aromatic rings. The second kappa shape index (κ2) is 6.36. The van der Waals surface area contributed by atoms with Crippen molar-refractivity contribution in [2.75, 3.05) is 13.1 Å². The first-order chi connectivity index (χ1) is 8.89. The minimum Gasteiger partial charge on any atom is -0.481 e. The highest BCUT2D eigenvalue weighted by atomic mass is 16.4. The fourth-order valence-electron chi connectivity index (χ4n) is 2.01. The second-order valence-corrected chi connectivity index (χ2v) is 5.02. The fourth-order valence-corrected chi connectivity index (χ4v) is 2.01. The van der Waals surface area contributed by atoms with Gasteiger partial charge in [-0.1, -0.05) is 30.3 Å². The molecule has 0 fully saturated rings. The first-order valence-electron chi connectivity index (χ1n) is 6.46. The summed E-state index contributed by atoms with van der Waals surface area (Å²) in [6.45, 7) is 6.37. The van der Waals surface area contributed by atoms with E-state index in [0.29, 0.717) is 6.54 Å². The second-order valence-electron chi connectivity index (χ2n) is 5.02. The molecule has 4 nitrogen and oxygen atoms in total. The van der Waals surface area contributed by atoms with Gasteiger partial charge in [0.25, 0.3) is 0 Å². The molecule has 1 aromatic carbocycles. The molecule has 0 aliphatic rings. The molecule has 0 aromatic heterocycles. The number of hydrogen-bond donors (Lipinski definition) is 1. The molecule has 104 valence electrons. The van der Waals surface area contributed by atoms with E-state index in [2.05, 4.69) is 0 Å². The van der Waals surface area contributed by atoms with Crippen LogP contribution in [0.5, 0.6) is 0 Å². The average molecular weight is 263 g/mol. The molecule has 0 aliphatic carbocycles. The van der Waals surface area contributed by atoms with E-state index in [1.165, 1.54) is 0 Å². The van der Waals surface area contributed by atoms with E-state index in [-0.39, 0.29) is 18.9 Å². The van der Waals surface area contributed by atoms with Gasteiger partial charge in [-0.3, -0.25) is 9.59 Å². The van der Waals surface area contributed by atoms with Gasteiger partial charge in [-0.2, -0.15) is 0 Å². The van der Waals surface area contributed by atoms with Crippen molar-refractivity contribution in [1.29, 1.82) is 0 Å². The van der Waals surface area contributed by atoms with Crippen molar-refractivity contribution in [3.05, 3.63) is 35.9 Å². The maximum atomic E-state index is 12.5. The van der Waals surface area contributed by atoms with Crippen molar-refractivity contribution < 1.29 is 14.7 Å². The minimum absolute atomic E-state index is 0.0234. The zero-order chi connectivity index (χ0) is 14.5. The van der Waals surface area contributed by atoms with Crippen LogP contribution in [-0.4, -0.2) is 35.0 Å². The molecule has 1 amide bonds. The van der Waals surface area contributed by atoms with Gasteiger partial charge in [0.05, 0.1) is 11.8 Å². The maximum absolute atomic E-state index is 12.5. The van der Waals surface area contributed by atoms with Crippen LogP contribution in [0.1, 0.15) is 32.8 Å². The largest absolute Gasteiger partial charge is 0.481 e. The van der Waals surface area contributed by atoms with Gasteiger partial charge in [0, 0.05) is 13.1 Å². The van der Waals surface area contributed by atoms with Crippen LogP contribution in [-0.2, 0) is 15.0 Å². The van der Waals surface area contributed by atoms with Crippen molar-refractivity contribution in [2.24, 2.45) is 0 Å². The van der Waals surface area contributed by atoms with Crippen molar-refractivity contribution in [2.45, 2.75) is 32.6 Å². The lowest BCUT2D eigenvalue weighted by Gasteiger charge is -2.31. The minimum atomic E-state index is -0.885. The summed E-state index contributed by atoms with van der Waals surface area (Å²) < 4.78 is 0. The van der Waals surface area contributed by atoms with Crippen LogP contribution in [0.25, 0.3) is 0 Å². The molecular weight excluding hydrogens is 242 g/mol. The summed E-state index contributed by atoms with van der Waals surface area (Å²) in [7, 11) is 0. The number of rotatable bonds is 6. The molecule has 0 heterocycles. The quantitative estimate of drug-likeness (QED) is 0.856. The van der Waals surface area contributed by atoms with Gasteiger partial charge in [-0.05, 0) is 26.3 Å². The highest BCUT2D eigenvalue weighted by Gasteiger charge is 2.33. The van der Waals surface area contributed by atoms with Gasteiger partial charge in [-0.15, -0.1) is 0 Å². The average Bonchev–Trinajstić information content (AvgIpc) is 2.39. The van der Waals surface area contributed by atoms with Crippen molar-refractivity contribution in [3.8, 4) is 0 Å². The van der Waals surface area contributed by atoms with Crippen LogP contribution >= 0.6 is 0 Å². The molecule has 0 radical (unpaired) electrons. The van der Waals surface area contributed by atoms with Crippen LogP contribution in [0.15, 0.2) is 30.3 Å². The number of amides is 1. The zero-order valence-electron chi connectivity index (χ0n) is 11.7. The molecule has 0 saturated heterocycles. The SMILES string of the molecule is CCN(CCC(=O)O)C(=O)C(C)(C)c1ccccc1. The van der Waals surface area contributed by atoms with E-state index < -0.39 is 11.4 Å². The fraction of sp³-hybridized carbons (Fsp3) is 0.467. The third-order valence-electron chi connectivity index (χ3n) is 3.29. The van der Waals surface area contributed by atoms with E-state index in [1.807, 2.05) is 51.1 Å². The third kappa shape index (κ3) is 3.81. The van der Waals surface area contributed by atoms with E-state index in [1.54, 1.807) is 4.90 Å². The number of hydrogen-bond acceptors (Lipinski definition) is 2. The number of carboxylic acid groups (broad SMARTS) is 1. The summed E-state index contributed by atoms with van der Waals surface area (Å²) in [5.74, 6) is -0.925. The Labute approximate surface area is 114 Å². The smallest absolute Gasteiger partial charge is 0.305 e. The Morgan fingerprint density at radius 1 is 1.21 bits per heavy atom. The Balaban J connectivity index is 2.87. The van der Waals surface area contributed by atoms with Crippen LogP contribution in [0.3, 0.4) is 0 Å². The lowest BCUT2D eigenvalue weighted by molar-refractivity contribution is -0.140. The molecule has 0 atom stereocenters. The van der Waals surface area contributed by atoms with Gasteiger partial charge in [0.2, 0.25) is 5.91 Å². The van der Waals surface area contributed by atoms with Crippen LogP contribution < -0.4 is 0 Å². The summed E-state index contributed by atoms with van der Waals surface area (Å²) in [5.41, 5.74) is 0.296. The van der Waals surface area contributed by atoms with E-state index in [4.69, 9.17) is 5.11 Å². The predicted molar refractivity (Wildman–Crippen MR) is 74.0 cm³/mol. The molecule has 0 spiro atoms. The van der Waals surface area contributed by atoms with E-state index in [0.717, 1.165) is 5.56 Å². The van der Waals surface area contributed by atoms with Gasteiger partial charge >= 0.3 is 5.97 Å². The Morgan fingerprint density at radius 3 is 2.26 bits per heavy atom. The summed E-state index contributed by atoms with van der Waals surface area (Å²) in [6, 6.07) is 9.55. The standard InChI is InChI=1S/C15H21NO3/c1-4-16(11-10-13(17)18)14(19)15(2,3)12-8-6-5-7-9-12/h5-9H,4,10-11H2,1-3H3,(H,17,18). The Morgan fingerprint density at radius 2 is 1.79 bits per heavy atom. The molecule has 1 N–H and O–H groups in total. The van der Waals surface area contributed by atoms with E-state index in [9.17, 15) is 9.59 Å². The van der Waals surface area contributed by atoms with Gasteiger partial charge in [0.1, 0.15) is 0 Å². The molecule has 4 heteroatoms. The zero-order valence-corrected chi connectivity index (χ0v) is 11.7. The normalized spacial score (nSPS) is 11.1. The third-order valence-corrected chi connectivity index (χ3v) is 3.29.